The molecule has 1 aromatic carbocycles. The van der Waals surface area contributed by atoms with E-state index in [0.717, 1.165) is 16.7 Å². The van der Waals surface area contributed by atoms with E-state index >= 15 is 0 Å². The van der Waals surface area contributed by atoms with Gasteiger partial charge in [0.25, 0.3) is 5.92 Å². The van der Waals surface area contributed by atoms with Gasteiger partial charge in [-0.25, -0.2) is 17.6 Å². The van der Waals surface area contributed by atoms with Crippen LogP contribution >= 0.6 is 0 Å². The predicted molar refractivity (Wildman–Crippen MR) is 68.9 cm³/mol. The standard InChI is InChI=1S/C15H10F7NO/c16-9-2-1-7(5-10(9)17)23-6-8(15(20,21)22)12-11(23)3-4-14(18,19)13(12)24/h1-2,5-6,13,24H,3-4H2. The Hall–Kier alpha value is -2.03. The lowest BCUT2D eigenvalue weighted by Gasteiger charge is -2.29. The van der Waals surface area contributed by atoms with Crippen molar-refractivity contribution in [2.24, 2.45) is 0 Å². The van der Waals surface area contributed by atoms with Crippen LogP contribution in [0.4, 0.5) is 30.7 Å². The van der Waals surface area contributed by atoms with E-state index in [1.807, 2.05) is 0 Å². The van der Waals surface area contributed by atoms with Crippen LogP contribution in [0.5, 0.6) is 0 Å². The lowest BCUT2D eigenvalue weighted by atomic mass is 9.89. The fourth-order valence-electron chi connectivity index (χ4n) is 2.85. The van der Waals surface area contributed by atoms with Gasteiger partial charge in [0.15, 0.2) is 11.6 Å². The Morgan fingerprint density at radius 1 is 1.12 bits per heavy atom. The highest BCUT2D eigenvalue weighted by Crippen LogP contribution is 2.48. The highest BCUT2D eigenvalue weighted by atomic mass is 19.4. The van der Waals surface area contributed by atoms with Crippen molar-refractivity contribution in [3.05, 3.63) is 52.9 Å². The summed E-state index contributed by atoms with van der Waals surface area (Å²) in [6, 6.07) is 2.41. The van der Waals surface area contributed by atoms with Gasteiger partial charge >= 0.3 is 6.18 Å². The van der Waals surface area contributed by atoms with E-state index in [9.17, 15) is 35.8 Å². The normalized spacial score (nSPS) is 20.1. The number of aliphatic hydroxyl groups is 1. The molecule has 24 heavy (non-hydrogen) atoms. The van der Waals surface area contributed by atoms with Gasteiger partial charge in [0.05, 0.1) is 5.56 Å². The van der Waals surface area contributed by atoms with Gasteiger partial charge in [0.2, 0.25) is 0 Å². The number of aromatic nitrogens is 1. The second-order valence-corrected chi connectivity index (χ2v) is 5.53. The van der Waals surface area contributed by atoms with Crippen LogP contribution in [-0.4, -0.2) is 15.6 Å². The van der Waals surface area contributed by atoms with Crippen LogP contribution in [0.15, 0.2) is 24.4 Å². The number of nitrogens with zero attached hydrogens (tertiary/aromatic N) is 1. The van der Waals surface area contributed by atoms with E-state index in [1.165, 1.54) is 0 Å². The topological polar surface area (TPSA) is 25.2 Å². The van der Waals surface area contributed by atoms with Crippen molar-refractivity contribution in [1.29, 1.82) is 0 Å². The molecular weight excluding hydrogens is 343 g/mol. The molecule has 0 fully saturated rings. The molecular formula is C15H10F7NO. The van der Waals surface area contributed by atoms with Crippen molar-refractivity contribution < 1.29 is 35.8 Å². The predicted octanol–water partition coefficient (Wildman–Crippen LogP) is 4.39. The lowest BCUT2D eigenvalue weighted by Crippen LogP contribution is -2.33. The summed E-state index contributed by atoms with van der Waals surface area (Å²) in [5.74, 6) is -6.18. The zero-order chi connectivity index (χ0) is 17.9. The van der Waals surface area contributed by atoms with Crippen molar-refractivity contribution in [2.75, 3.05) is 0 Å². The Morgan fingerprint density at radius 3 is 2.38 bits per heavy atom. The van der Waals surface area contributed by atoms with E-state index in [2.05, 4.69) is 0 Å². The van der Waals surface area contributed by atoms with Crippen LogP contribution in [-0.2, 0) is 12.6 Å². The molecule has 3 rings (SSSR count). The maximum absolute atomic E-state index is 13.6. The Balaban J connectivity index is 2.25. The Bertz CT molecular complexity index is 794. The molecule has 2 aromatic rings. The van der Waals surface area contributed by atoms with Crippen molar-refractivity contribution >= 4 is 0 Å². The van der Waals surface area contributed by atoms with Crippen LogP contribution in [0.25, 0.3) is 5.69 Å². The largest absolute Gasteiger partial charge is 0.418 e. The van der Waals surface area contributed by atoms with E-state index in [1.54, 1.807) is 0 Å². The first kappa shape index (κ1) is 16.8. The van der Waals surface area contributed by atoms with E-state index < -0.39 is 53.8 Å². The van der Waals surface area contributed by atoms with Crippen LogP contribution in [0.1, 0.15) is 29.3 Å². The molecule has 1 N–H and O–H groups in total. The van der Waals surface area contributed by atoms with Gasteiger partial charge in [-0.05, 0) is 18.6 Å². The molecule has 1 atom stereocenters. The van der Waals surface area contributed by atoms with Gasteiger partial charge in [-0.3, -0.25) is 0 Å². The molecule has 1 unspecified atom stereocenters. The molecule has 0 aliphatic heterocycles. The monoisotopic (exact) mass is 353 g/mol. The molecule has 0 radical (unpaired) electrons. The molecule has 0 saturated heterocycles. The highest BCUT2D eigenvalue weighted by Gasteiger charge is 2.50. The summed E-state index contributed by atoms with van der Waals surface area (Å²) in [5.41, 5.74) is -2.71. The van der Waals surface area contributed by atoms with Crippen LogP contribution in [0.2, 0.25) is 0 Å². The van der Waals surface area contributed by atoms with Gasteiger partial charge in [-0.2, -0.15) is 13.2 Å². The molecule has 0 amide bonds. The number of hydrogen-bond donors (Lipinski definition) is 1. The lowest BCUT2D eigenvalue weighted by molar-refractivity contribution is -0.147. The fraction of sp³-hybridized carbons (Fsp3) is 0.333. The van der Waals surface area contributed by atoms with Gasteiger partial charge in [-0.1, -0.05) is 0 Å². The molecule has 1 aromatic heterocycles. The third kappa shape index (κ3) is 2.56. The third-order valence-corrected chi connectivity index (χ3v) is 4.01. The average molecular weight is 353 g/mol. The molecule has 1 heterocycles. The maximum Gasteiger partial charge on any atom is 0.418 e. The summed E-state index contributed by atoms with van der Waals surface area (Å²) in [7, 11) is 0. The summed E-state index contributed by atoms with van der Waals surface area (Å²) in [6.07, 6.45) is -8.39. The zero-order valence-electron chi connectivity index (χ0n) is 11.8. The van der Waals surface area contributed by atoms with E-state index in [4.69, 9.17) is 0 Å². The van der Waals surface area contributed by atoms with E-state index in [0.29, 0.717) is 12.3 Å². The van der Waals surface area contributed by atoms with Crippen molar-refractivity contribution in [3.8, 4) is 5.69 Å². The summed E-state index contributed by atoms with van der Waals surface area (Å²) in [5, 5.41) is 9.69. The van der Waals surface area contributed by atoms with Crippen LogP contribution in [0.3, 0.4) is 0 Å². The fourth-order valence-corrected chi connectivity index (χ4v) is 2.85. The highest BCUT2D eigenvalue weighted by molar-refractivity contribution is 5.46. The molecule has 130 valence electrons. The number of aliphatic hydroxyl groups excluding tert-OH is 1. The molecule has 0 bridgehead atoms. The van der Waals surface area contributed by atoms with Crippen LogP contribution < -0.4 is 0 Å². The SMILES string of the molecule is OC1c2c(C(F)(F)F)cn(-c3ccc(F)c(F)c3)c2CCC1(F)F. The molecule has 1 aliphatic carbocycles. The van der Waals surface area contributed by atoms with E-state index in [-0.39, 0.29) is 11.4 Å². The van der Waals surface area contributed by atoms with Crippen LogP contribution in [0, 0.1) is 11.6 Å². The zero-order valence-corrected chi connectivity index (χ0v) is 11.8. The number of fused-ring (bicyclic) bond motifs is 1. The minimum absolute atomic E-state index is 0.155. The summed E-state index contributed by atoms with van der Waals surface area (Å²) >= 11 is 0. The van der Waals surface area contributed by atoms with Crippen molar-refractivity contribution in [3.63, 3.8) is 0 Å². The van der Waals surface area contributed by atoms with Gasteiger partial charge in [0, 0.05) is 35.6 Å². The Morgan fingerprint density at radius 2 is 1.79 bits per heavy atom. The van der Waals surface area contributed by atoms with Gasteiger partial charge in [0.1, 0.15) is 6.10 Å². The third-order valence-electron chi connectivity index (χ3n) is 4.01. The minimum Gasteiger partial charge on any atom is -0.382 e. The second-order valence-electron chi connectivity index (χ2n) is 5.53. The Labute approximate surface area is 131 Å². The molecule has 0 saturated carbocycles. The second kappa shape index (κ2) is 5.23. The van der Waals surface area contributed by atoms with Gasteiger partial charge in [-0.15, -0.1) is 0 Å². The molecule has 1 aliphatic rings. The first-order valence-corrected chi connectivity index (χ1v) is 6.85. The smallest absolute Gasteiger partial charge is 0.382 e. The Kier molecular flexibility index (Phi) is 3.67. The molecule has 0 spiro atoms. The van der Waals surface area contributed by atoms with Crippen molar-refractivity contribution in [2.45, 2.75) is 31.0 Å². The number of alkyl halides is 5. The first-order chi connectivity index (χ1) is 11.0. The number of halogens is 7. The quantitative estimate of drug-likeness (QED) is 0.756. The average Bonchev–Trinajstić information content (AvgIpc) is 2.86. The number of rotatable bonds is 1. The summed E-state index contributed by atoms with van der Waals surface area (Å²) in [4.78, 5) is 0. The van der Waals surface area contributed by atoms with Gasteiger partial charge < -0.3 is 9.67 Å². The number of benzene rings is 1. The molecule has 9 heteroatoms. The minimum atomic E-state index is -4.98. The molecule has 2 nitrogen and oxygen atoms in total. The maximum atomic E-state index is 13.6. The number of hydrogen-bond acceptors (Lipinski definition) is 1. The summed E-state index contributed by atoms with van der Waals surface area (Å²) in [6.45, 7) is 0. The van der Waals surface area contributed by atoms with Crippen molar-refractivity contribution in [1.82, 2.24) is 4.57 Å². The first-order valence-electron chi connectivity index (χ1n) is 6.85. The summed E-state index contributed by atoms with van der Waals surface area (Å²) < 4.78 is 94.0.